The number of aromatic nitrogens is 4. The zero-order valence-electron chi connectivity index (χ0n) is 43.4. The maximum atomic E-state index is 14.0. The molecule has 74 heavy (non-hydrogen) atoms. The number of methoxy groups -OCH3 is 2. The maximum absolute atomic E-state index is 14.0. The number of rotatable bonds is 12. The van der Waals surface area contributed by atoms with E-state index >= 15 is 0 Å². The number of imidazole rings is 2. The molecule has 4 amide bonds. The summed E-state index contributed by atoms with van der Waals surface area (Å²) in [5.41, 5.74) is 14.2. The van der Waals surface area contributed by atoms with Crippen LogP contribution in [0.15, 0.2) is 97.3 Å². The molecule has 4 unspecified atom stereocenters. The number of ether oxygens (including phenoxy) is 2. The van der Waals surface area contributed by atoms with Crippen LogP contribution in [0.5, 0.6) is 0 Å². The van der Waals surface area contributed by atoms with E-state index in [0.717, 1.165) is 98.4 Å². The summed E-state index contributed by atoms with van der Waals surface area (Å²) in [5.74, 6) is 1.15. The van der Waals surface area contributed by atoms with Crippen LogP contribution in [-0.2, 0) is 44.7 Å². The largest absolute Gasteiger partial charge is 0.453 e. The molecular formula is C60H68N8O6. The van der Waals surface area contributed by atoms with Crippen LogP contribution < -0.4 is 10.6 Å². The van der Waals surface area contributed by atoms with Gasteiger partial charge in [-0.3, -0.25) is 9.59 Å². The number of aryl methyl sites for hydroxylation is 4. The monoisotopic (exact) mass is 997 g/mol. The van der Waals surface area contributed by atoms with Gasteiger partial charge in [0.2, 0.25) is 11.8 Å². The second kappa shape index (κ2) is 19.6. The van der Waals surface area contributed by atoms with E-state index < -0.39 is 24.3 Å². The van der Waals surface area contributed by atoms with Gasteiger partial charge in [0.15, 0.2) is 0 Å². The molecule has 2 aromatic heterocycles. The molecule has 384 valence electrons. The van der Waals surface area contributed by atoms with Crippen LogP contribution in [0.2, 0.25) is 0 Å². The SMILES string of the molecule is COC(=O)NC(C(=O)N1CC2(CC2)CC1c1ncc(-c2ccc(-c3cc4ccc3CCc3ccc(c(-c5ccc(-c6cnc(C7CC8(CC8)CN7C(=O)C(NC(=O)OC)C(C)C)[nH]6)cc5)c3)CC4)cc2)[nH]1)C(C)C. The van der Waals surface area contributed by atoms with Crippen molar-refractivity contribution in [2.75, 3.05) is 27.3 Å². The molecule has 14 heteroatoms. The van der Waals surface area contributed by atoms with Crippen molar-refractivity contribution in [1.29, 1.82) is 0 Å². The highest BCUT2D eigenvalue weighted by Gasteiger charge is 2.56. The quantitative estimate of drug-likeness (QED) is 0.0937. The lowest BCUT2D eigenvalue weighted by molar-refractivity contribution is -0.136. The Hall–Kier alpha value is -7.22. The minimum atomic E-state index is -0.685. The van der Waals surface area contributed by atoms with Gasteiger partial charge in [-0.05, 0) is 143 Å². The van der Waals surface area contributed by atoms with Crippen LogP contribution in [0, 0.1) is 22.7 Å². The molecule has 14 rings (SSSR count). The average Bonchev–Trinajstić information content (AvgIpc) is 3.98. The van der Waals surface area contributed by atoms with E-state index in [0.29, 0.717) is 13.1 Å². The summed E-state index contributed by atoms with van der Waals surface area (Å²) < 4.78 is 9.72. The fourth-order valence-electron chi connectivity index (χ4n) is 12.0. The van der Waals surface area contributed by atoms with Crippen LogP contribution in [-0.4, -0.2) is 93.1 Å². The molecule has 2 saturated heterocycles. The maximum Gasteiger partial charge on any atom is 0.407 e. The summed E-state index contributed by atoms with van der Waals surface area (Å²) in [6.45, 7) is 9.08. The molecule has 4 atom stereocenters. The Kier molecular flexibility index (Phi) is 13.0. The molecule has 2 saturated carbocycles. The van der Waals surface area contributed by atoms with Gasteiger partial charge in [-0.2, -0.15) is 0 Å². The second-order valence-corrected chi connectivity index (χ2v) is 22.6. The Morgan fingerprint density at radius 3 is 1.28 bits per heavy atom. The number of nitrogens with zero attached hydrogens (tertiary/aromatic N) is 4. The summed E-state index contributed by atoms with van der Waals surface area (Å²) in [5, 5.41) is 5.55. The molecule has 6 aromatic rings. The van der Waals surface area contributed by atoms with Crippen molar-refractivity contribution in [3.63, 3.8) is 0 Å². The van der Waals surface area contributed by atoms with Crippen molar-refractivity contribution in [3.05, 3.63) is 131 Å². The van der Waals surface area contributed by atoms with Crippen molar-refractivity contribution in [2.45, 2.75) is 116 Å². The number of hydrogen-bond acceptors (Lipinski definition) is 8. The van der Waals surface area contributed by atoms with Crippen molar-refractivity contribution in [1.82, 2.24) is 40.4 Å². The number of amides is 4. The van der Waals surface area contributed by atoms with Crippen LogP contribution in [0.4, 0.5) is 9.59 Å². The van der Waals surface area contributed by atoms with Gasteiger partial charge in [0.1, 0.15) is 23.7 Å². The normalized spacial score (nSPS) is 19.9. The van der Waals surface area contributed by atoms with Crippen LogP contribution in [0.1, 0.15) is 112 Å². The lowest BCUT2D eigenvalue weighted by atomic mass is 9.87. The zero-order valence-corrected chi connectivity index (χ0v) is 43.4. The smallest absolute Gasteiger partial charge is 0.407 e. The average molecular weight is 997 g/mol. The van der Waals surface area contributed by atoms with Gasteiger partial charge in [0.25, 0.3) is 0 Å². The first-order valence-corrected chi connectivity index (χ1v) is 26.6. The molecule has 4 aromatic carbocycles. The van der Waals surface area contributed by atoms with E-state index in [9.17, 15) is 19.2 Å². The first-order valence-electron chi connectivity index (χ1n) is 26.6. The molecule has 0 radical (unpaired) electrons. The third kappa shape index (κ3) is 9.71. The number of likely N-dealkylation sites (tertiary alicyclic amines) is 2. The molecular weight excluding hydrogens is 929 g/mol. The minimum Gasteiger partial charge on any atom is -0.453 e. The molecule has 6 aliphatic carbocycles. The summed E-state index contributed by atoms with van der Waals surface area (Å²) >= 11 is 0. The molecule has 14 nitrogen and oxygen atoms in total. The topological polar surface area (TPSA) is 175 Å². The van der Waals surface area contributed by atoms with Crippen molar-refractivity contribution >= 4 is 24.0 Å². The van der Waals surface area contributed by atoms with Gasteiger partial charge in [-0.1, -0.05) is 113 Å². The van der Waals surface area contributed by atoms with Crippen LogP contribution >= 0.6 is 0 Å². The second-order valence-electron chi connectivity index (χ2n) is 22.6. The number of H-pyrrole nitrogens is 2. The number of benzene rings is 4. The molecule has 4 bridgehead atoms. The van der Waals surface area contributed by atoms with E-state index in [2.05, 4.69) is 106 Å². The van der Waals surface area contributed by atoms with E-state index in [4.69, 9.17) is 19.4 Å². The van der Waals surface area contributed by atoms with Gasteiger partial charge in [-0.15, -0.1) is 0 Å². The Balaban J connectivity index is 0.774. The Labute approximate surface area is 433 Å². The number of carbonyl (C=O) groups is 4. The predicted octanol–water partition coefficient (Wildman–Crippen LogP) is 10.6. The number of nitrogens with one attached hydrogen (secondary N) is 4. The number of alkyl carbamates (subject to hydrolysis) is 2. The third-order valence-electron chi connectivity index (χ3n) is 16.8. The summed E-state index contributed by atoms with van der Waals surface area (Å²) in [6, 6.07) is 29.7. The zero-order chi connectivity index (χ0) is 51.5. The van der Waals surface area contributed by atoms with Crippen LogP contribution in [0.3, 0.4) is 0 Å². The van der Waals surface area contributed by atoms with Gasteiger partial charge in [-0.25, -0.2) is 19.6 Å². The highest BCUT2D eigenvalue weighted by molar-refractivity contribution is 5.87. The number of carbonyl (C=O) groups excluding carboxylic acids is 4. The molecule has 4 heterocycles. The van der Waals surface area contributed by atoms with E-state index in [1.54, 1.807) is 0 Å². The third-order valence-corrected chi connectivity index (χ3v) is 16.8. The number of hydrogen-bond donors (Lipinski definition) is 4. The first-order chi connectivity index (χ1) is 35.7. The molecule has 4 fully saturated rings. The lowest BCUT2D eigenvalue weighted by Gasteiger charge is -2.30. The molecule has 2 aliphatic heterocycles. The lowest BCUT2D eigenvalue weighted by Crippen LogP contribution is -2.51. The molecule has 2 spiro atoms. The van der Waals surface area contributed by atoms with E-state index in [-0.39, 0.29) is 46.6 Å². The van der Waals surface area contributed by atoms with Crippen LogP contribution in [0.25, 0.3) is 44.8 Å². The highest BCUT2D eigenvalue weighted by atomic mass is 16.5. The van der Waals surface area contributed by atoms with Gasteiger partial charge in [0, 0.05) is 13.1 Å². The standard InChI is InChI=1S/C60H68N8O6/c1-35(2)51(65-57(71)73-5)55(69)67-33-59(23-24-59)29-49(67)53-61-31-47(63-53)43-19-15-41(16-20-43)45-27-37-7-11-39(45)13-9-38-8-12-40(14-10-37)46(28-38)42-17-21-44(22-18-42)48-32-62-54(64-48)50-30-60(25-26-60)34-68(50)56(70)52(36(3)4)66-58(72)74-6/h7-8,11-12,15-22,27-28,31-32,35-36,49-52H,9-10,13-14,23-26,29-30,33-34H2,1-6H3,(H,61,63)(H,62,64)(H,65,71)(H,66,72). The molecule has 4 N–H and O–H groups in total. The van der Waals surface area contributed by atoms with Crippen molar-refractivity contribution in [3.8, 4) is 44.8 Å². The Morgan fingerprint density at radius 2 is 0.932 bits per heavy atom. The fraction of sp³-hybridized carbons (Fsp3) is 0.433. The van der Waals surface area contributed by atoms with Gasteiger partial charge < -0.3 is 39.9 Å². The number of aromatic amines is 2. The van der Waals surface area contributed by atoms with Gasteiger partial charge >= 0.3 is 12.2 Å². The minimum absolute atomic E-state index is 0.0974. The fourth-order valence-corrected chi connectivity index (χ4v) is 12.0. The summed E-state index contributed by atoms with van der Waals surface area (Å²) in [7, 11) is 2.63. The Morgan fingerprint density at radius 1 is 0.554 bits per heavy atom. The first kappa shape index (κ1) is 49.0. The van der Waals surface area contributed by atoms with E-state index in [1.165, 1.54) is 58.7 Å². The Bertz CT molecular complexity index is 2890. The van der Waals surface area contributed by atoms with Crippen molar-refractivity contribution < 1.29 is 28.7 Å². The molecule has 8 aliphatic rings. The summed E-state index contributed by atoms with van der Waals surface area (Å²) in [4.78, 5) is 73.2. The van der Waals surface area contributed by atoms with Crippen molar-refractivity contribution in [2.24, 2.45) is 22.7 Å². The summed E-state index contributed by atoms with van der Waals surface area (Å²) in [6.07, 6.45) is 12.2. The predicted molar refractivity (Wildman–Crippen MR) is 284 cm³/mol. The van der Waals surface area contributed by atoms with Gasteiger partial charge in [0.05, 0.1) is 50.1 Å². The highest BCUT2D eigenvalue weighted by Crippen LogP contribution is 2.59. The van der Waals surface area contributed by atoms with E-state index in [1.807, 2.05) is 49.9 Å².